The molecule has 0 spiro atoms. The molecule has 7 heteroatoms. The van der Waals surface area contributed by atoms with Gasteiger partial charge in [0.1, 0.15) is 6.04 Å². The maximum Gasteiger partial charge on any atom is 0.322 e. The summed E-state index contributed by atoms with van der Waals surface area (Å²) in [6.07, 6.45) is 2.45. The number of methoxy groups -OCH3 is 1. The first-order valence-electron chi connectivity index (χ1n) is 4.54. The first-order valence-corrected chi connectivity index (χ1v) is 4.54. The van der Waals surface area contributed by atoms with E-state index in [0.29, 0.717) is 13.0 Å². The van der Waals surface area contributed by atoms with Crippen molar-refractivity contribution in [1.82, 2.24) is 0 Å². The zero-order chi connectivity index (χ0) is 12.3. The van der Waals surface area contributed by atoms with E-state index in [1.165, 1.54) is 7.11 Å². The fraction of sp³-hybridized carbons (Fsp3) is 0.750. The molecule has 0 unspecified atom stereocenters. The van der Waals surface area contributed by atoms with Crippen LogP contribution in [0, 0.1) is 0 Å². The monoisotopic (exact) mass is 220 g/mol. The quantitative estimate of drug-likeness (QED) is 0.333. The molecule has 0 heterocycles. The van der Waals surface area contributed by atoms with Gasteiger partial charge in [0.25, 0.3) is 0 Å². The number of hydrogen-bond acceptors (Lipinski definition) is 5. The van der Waals surface area contributed by atoms with Crippen molar-refractivity contribution in [3.63, 3.8) is 0 Å². The van der Waals surface area contributed by atoms with Crippen molar-refractivity contribution in [3.05, 3.63) is 0 Å². The zero-order valence-corrected chi connectivity index (χ0v) is 8.94. The van der Waals surface area contributed by atoms with Gasteiger partial charge in [0.15, 0.2) is 0 Å². The average molecular weight is 220 g/mol. The highest BCUT2D eigenvalue weighted by molar-refractivity contribution is 5.75. The Hall–Kier alpha value is -1.34. The number of carbonyl (C=O) groups excluding carboxylic acids is 2. The van der Waals surface area contributed by atoms with Gasteiger partial charge in [0, 0.05) is 0 Å². The van der Waals surface area contributed by atoms with Gasteiger partial charge in [-0.3, -0.25) is 4.79 Å². The number of rotatable bonds is 5. The molecule has 0 radical (unpaired) electrons. The molecule has 0 aromatic rings. The predicted octanol–water partition coefficient (Wildman–Crippen LogP) is -1.36. The summed E-state index contributed by atoms with van der Waals surface area (Å²) in [4.78, 5) is 19.7. The van der Waals surface area contributed by atoms with Gasteiger partial charge >= 0.3 is 12.0 Å². The van der Waals surface area contributed by atoms with Gasteiger partial charge in [-0.2, -0.15) is 0 Å². The number of carbonyl (C=O) groups is 2. The van der Waals surface area contributed by atoms with Crippen LogP contribution in [0.15, 0.2) is 0 Å². The van der Waals surface area contributed by atoms with Gasteiger partial charge in [-0.15, -0.1) is 0 Å². The van der Waals surface area contributed by atoms with E-state index in [1.807, 2.05) is 0 Å². The summed E-state index contributed by atoms with van der Waals surface area (Å²) < 4.78 is 4.45. The summed E-state index contributed by atoms with van der Waals surface area (Å²) in [5.74, 6) is -0.345. The number of hydrogen-bond donors (Lipinski definition) is 4. The lowest BCUT2D eigenvalue weighted by molar-refractivity contribution is -0.142. The van der Waals surface area contributed by atoms with Crippen LogP contribution >= 0.6 is 0 Å². The zero-order valence-electron chi connectivity index (χ0n) is 8.94. The Bertz CT molecular complexity index is 183. The topological polar surface area (TPSA) is 147 Å². The molecule has 0 fully saturated rings. The summed E-state index contributed by atoms with van der Waals surface area (Å²) in [6.45, 7) is 0.647. The number of ether oxygens (including phenoxy) is 1. The third-order valence-corrected chi connectivity index (χ3v) is 1.47. The van der Waals surface area contributed by atoms with Crippen LogP contribution in [0.4, 0.5) is 4.79 Å². The molecule has 0 aromatic carbocycles. The van der Waals surface area contributed by atoms with Crippen LogP contribution in [0.25, 0.3) is 0 Å². The summed E-state index contributed by atoms with van der Waals surface area (Å²) in [5.41, 5.74) is 19.2. The van der Waals surface area contributed by atoms with Gasteiger partial charge in [-0.25, -0.2) is 4.79 Å². The normalized spacial score (nSPS) is 10.9. The number of nitrogens with two attached hydrogens (primary N) is 4. The second kappa shape index (κ2) is 10.7. The highest BCUT2D eigenvalue weighted by Crippen LogP contribution is 1.98. The summed E-state index contributed by atoms with van der Waals surface area (Å²) in [5, 5.41) is 0. The van der Waals surface area contributed by atoms with Crippen LogP contribution in [0.2, 0.25) is 0 Å². The van der Waals surface area contributed by atoms with E-state index < -0.39 is 12.1 Å². The number of amides is 2. The van der Waals surface area contributed by atoms with E-state index in [9.17, 15) is 4.79 Å². The SMILES string of the molecule is COC(=O)[C@@H](N)CCCCN.NC(N)=O. The van der Waals surface area contributed by atoms with Gasteiger partial charge in [-0.05, 0) is 19.4 Å². The van der Waals surface area contributed by atoms with Gasteiger partial charge in [0.05, 0.1) is 7.11 Å². The third-order valence-electron chi connectivity index (χ3n) is 1.47. The molecule has 0 aromatic heterocycles. The molecule has 0 aliphatic heterocycles. The van der Waals surface area contributed by atoms with Crippen molar-refractivity contribution in [2.24, 2.45) is 22.9 Å². The smallest absolute Gasteiger partial charge is 0.322 e. The van der Waals surface area contributed by atoms with Crippen molar-refractivity contribution >= 4 is 12.0 Å². The van der Waals surface area contributed by atoms with E-state index >= 15 is 0 Å². The summed E-state index contributed by atoms with van der Waals surface area (Å²) in [6, 6.07) is -1.31. The third kappa shape index (κ3) is 15.4. The minimum absolute atomic E-state index is 0.345. The first-order chi connectivity index (χ1) is 6.95. The molecule has 1 atom stereocenters. The molecule has 0 bridgehead atoms. The fourth-order valence-corrected chi connectivity index (χ4v) is 0.778. The lowest BCUT2D eigenvalue weighted by Gasteiger charge is -2.07. The standard InChI is InChI=1S/C7H16N2O2.CH4N2O/c1-11-7(10)6(9)4-2-3-5-8;2-1(3)4/h6H,2-5,8-9H2,1H3;(H4,2,3,4)/t6-;/m0./s1. The Kier molecular flexibility index (Phi) is 11.5. The number of unbranched alkanes of at least 4 members (excludes halogenated alkanes) is 1. The van der Waals surface area contributed by atoms with Crippen molar-refractivity contribution in [1.29, 1.82) is 0 Å². The van der Waals surface area contributed by atoms with Crippen molar-refractivity contribution < 1.29 is 14.3 Å². The summed E-state index contributed by atoms with van der Waals surface area (Å²) >= 11 is 0. The van der Waals surface area contributed by atoms with E-state index in [-0.39, 0.29) is 5.97 Å². The molecule has 0 aliphatic carbocycles. The van der Waals surface area contributed by atoms with Crippen molar-refractivity contribution in [3.8, 4) is 0 Å². The molecule has 7 nitrogen and oxygen atoms in total. The number of esters is 1. The van der Waals surface area contributed by atoms with E-state index in [1.54, 1.807) is 0 Å². The molecule has 0 saturated heterocycles. The van der Waals surface area contributed by atoms with Crippen LogP contribution in [0.5, 0.6) is 0 Å². The minimum atomic E-state index is -0.833. The average Bonchev–Trinajstić information content (AvgIpc) is 2.16. The molecular formula is C8H20N4O3. The molecule has 0 saturated carbocycles. The van der Waals surface area contributed by atoms with E-state index in [0.717, 1.165) is 12.8 Å². The van der Waals surface area contributed by atoms with Crippen molar-refractivity contribution in [2.45, 2.75) is 25.3 Å². The van der Waals surface area contributed by atoms with Crippen LogP contribution in [0.3, 0.4) is 0 Å². The number of primary amides is 2. The molecule has 15 heavy (non-hydrogen) atoms. The van der Waals surface area contributed by atoms with Gasteiger partial charge in [-0.1, -0.05) is 6.42 Å². The number of urea groups is 1. The van der Waals surface area contributed by atoms with Gasteiger partial charge in [0.2, 0.25) is 0 Å². The largest absolute Gasteiger partial charge is 0.468 e. The Labute approximate surface area is 89.1 Å². The van der Waals surface area contributed by atoms with Crippen molar-refractivity contribution in [2.75, 3.05) is 13.7 Å². The summed E-state index contributed by atoms with van der Waals surface area (Å²) in [7, 11) is 1.34. The Morgan fingerprint density at radius 1 is 1.27 bits per heavy atom. The van der Waals surface area contributed by atoms with Crippen LogP contribution in [-0.2, 0) is 9.53 Å². The first kappa shape index (κ1) is 16.1. The minimum Gasteiger partial charge on any atom is -0.468 e. The second-order valence-electron chi connectivity index (χ2n) is 2.82. The molecule has 0 rings (SSSR count). The highest BCUT2D eigenvalue weighted by atomic mass is 16.5. The van der Waals surface area contributed by atoms with E-state index in [2.05, 4.69) is 16.2 Å². The van der Waals surface area contributed by atoms with Gasteiger partial charge < -0.3 is 27.7 Å². The molecule has 2 amide bonds. The lowest BCUT2D eigenvalue weighted by Crippen LogP contribution is -2.31. The second-order valence-corrected chi connectivity index (χ2v) is 2.82. The molecule has 0 aliphatic rings. The highest BCUT2D eigenvalue weighted by Gasteiger charge is 2.11. The Balaban J connectivity index is 0. The molecule has 8 N–H and O–H groups in total. The predicted molar refractivity (Wildman–Crippen MR) is 56.7 cm³/mol. The Morgan fingerprint density at radius 2 is 1.73 bits per heavy atom. The maximum atomic E-state index is 10.7. The van der Waals surface area contributed by atoms with Crippen LogP contribution in [0.1, 0.15) is 19.3 Å². The molecule has 90 valence electrons. The Morgan fingerprint density at radius 3 is 2.07 bits per heavy atom. The maximum absolute atomic E-state index is 10.7. The van der Waals surface area contributed by atoms with Crippen LogP contribution < -0.4 is 22.9 Å². The fourth-order valence-electron chi connectivity index (χ4n) is 0.778. The van der Waals surface area contributed by atoms with Crippen LogP contribution in [-0.4, -0.2) is 31.7 Å². The van der Waals surface area contributed by atoms with E-state index in [4.69, 9.17) is 16.3 Å². The lowest BCUT2D eigenvalue weighted by atomic mass is 10.1. The molecular weight excluding hydrogens is 200 g/mol.